The minimum atomic E-state index is -0.952. The van der Waals surface area contributed by atoms with E-state index in [9.17, 15) is 14.7 Å². The van der Waals surface area contributed by atoms with Gasteiger partial charge in [-0.25, -0.2) is 9.78 Å². The third kappa shape index (κ3) is 4.95. The number of aliphatic carboxylic acids is 1. The standard InChI is InChI=1S/C21H20N2O4S/c1-13-8-9-16(10-14(13)2)19-17(11-18(24)25)28-20(22-19)23-21(26)27-12-15-6-4-3-5-7-15/h3-10H,11-12H2,1-2H3,(H,24,25)(H,22,23,26). The van der Waals surface area contributed by atoms with Crippen LogP contribution in [0.1, 0.15) is 21.6 Å². The quantitative estimate of drug-likeness (QED) is 0.625. The van der Waals surface area contributed by atoms with Crippen molar-refractivity contribution in [3.05, 3.63) is 70.1 Å². The van der Waals surface area contributed by atoms with Gasteiger partial charge in [0.05, 0.1) is 12.1 Å². The van der Waals surface area contributed by atoms with E-state index in [-0.39, 0.29) is 13.0 Å². The minimum absolute atomic E-state index is 0.143. The highest BCUT2D eigenvalue weighted by molar-refractivity contribution is 7.16. The number of rotatable bonds is 6. The molecule has 28 heavy (non-hydrogen) atoms. The van der Waals surface area contributed by atoms with Gasteiger partial charge in [-0.3, -0.25) is 10.1 Å². The molecule has 0 aliphatic rings. The Bertz CT molecular complexity index is 999. The Morgan fingerprint density at radius 3 is 2.54 bits per heavy atom. The van der Waals surface area contributed by atoms with Crippen molar-refractivity contribution in [1.29, 1.82) is 0 Å². The molecule has 0 aliphatic carbocycles. The van der Waals surface area contributed by atoms with Crippen LogP contribution in [0.15, 0.2) is 48.5 Å². The van der Waals surface area contributed by atoms with Gasteiger partial charge in [-0.2, -0.15) is 0 Å². The molecule has 0 atom stereocenters. The highest BCUT2D eigenvalue weighted by atomic mass is 32.1. The van der Waals surface area contributed by atoms with Crippen molar-refractivity contribution < 1.29 is 19.4 Å². The molecule has 3 aromatic rings. The van der Waals surface area contributed by atoms with Crippen molar-refractivity contribution >= 4 is 28.5 Å². The Hall–Kier alpha value is -3.19. The van der Waals surface area contributed by atoms with E-state index < -0.39 is 12.1 Å². The molecule has 1 amide bonds. The second-order valence-corrected chi connectivity index (χ2v) is 7.43. The minimum Gasteiger partial charge on any atom is -0.481 e. The van der Waals surface area contributed by atoms with Crippen molar-refractivity contribution in [2.24, 2.45) is 0 Å². The van der Waals surface area contributed by atoms with Crippen LogP contribution in [-0.4, -0.2) is 22.2 Å². The molecule has 0 radical (unpaired) electrons. The van der Waals surface area contributed by atoms with Crippen LogP contribution in [-0.2, 0) is 22.6 Å². The summed E-state index contributed by atoms with van der Waals surface area (Å²) in [6.45, 7) is 4.14. The van der Waals surface area contributed by atoms with Crippen LogP contribution in [0.2, 0.25) is 0 Å². The Morgan fingerprint density at radius 2 is 1.86 bits per heavy atom. The first kappa shape index (κ1) is 19.6. The first-order valence-corrected chi connectivity index (χ1v) is 9.51. The zero-order valence-corrected chi connectivity index (χ0v) is 16.4. The van der Waals surface area contributed by atoms with Gasteiger partial charge in [0.2, 0.25) is 0 Å². The highest BCUT2D eigenvalue weighted by Gasteiger charge is 2.18. The lowest BCUT2D eigenvalue weighted by Gasteiger charge is -2.05. The van der Waals surface area contributed by atoms with Gasteiger partial charge in [0.25, 0.3) is 0 Å². The molecule has 3 rings (SSSR count). The van der Waals surface area contributed by atoms with E-state index in [1.807, 2.05) is 62.4 Å². The van der Waals surface area contributed by atoms with Gasteiger partial charge in [0.1, 0.15) is 6.61 Å². The lowest BCUT2D eigenvalue weighted by Crippen LogP contribution is -2.13. The molecule has 0 spiro atoms. The topological polar surface area (TPSA) is 88.5 Å². The fourth-order valence-corrected chi connectivity index (χ4v) is 3.58. The zero-order valence-electron chi connectivity index (χ0n) is 15.6. The SMILES string of the molecule is Cc1ccc(-c2nc(NC(=O)OCc3ccccc3)sc2CC(=O)O)cc1C. The van der Waals surface area contributed by atoms with Gasteiger partial charge in [-0.05, 0) is 36.6 Å². The first-order valence-electron chi connectivity index (χ1n) is 8.69. The smallest absolute Gasteiger partial charge is 0.413 e. The number of ether oxygens (including phenoxy) is 1. The van der Waals surface area contributed by atoms with Gasteiger partial charge in [0, 0.05) is 10.4 Å². The number of anilines is 1. The third-order valence-corrected chi connectivity index (χ3v) is 5.18. The average molecular weight is 396 g/mol. The number of thiazole rings is 1. The van der Waals surface area contributed by atoms with Crippen LogP contribution in [0.5, 0.6) is 0 Å². The summed E-state index contributed by atoms with van der Waals surface area (Å²) in [5.74, 6) is -0.952. The van der Waals surface area contributed by atoms with Crippen molar-refractivity contribution in [2.75, 3.05) is 5.32 Å². The lowest BCUT2D eigenvalue weighted by molar-refractivity contribution is -0.136. The summed E-state index contributed by atoms with van der Waals surface area (Å²) in [6.07, 6.45) is -0.799. The normalized spacial score (nSPS) is 10.5. The van der Waals surface area contributed by atoms with E-state index in [0.717, 1.165) is 33.6 Å². The molecule has 0 bridgehead atoms. The summed E-state index contributed by atoms with van der Waals surface area (Å²) in [7, 11) is 0. The van der Waals surface area contributed by atoms with Crippen molar-refractivity contribution in [2.45, 2.75) is 26.9 Å². The molecule has 144 valence electrons. The number of carboxylic acids is 1. The number of aromatic nitrogens is 1. The van der Waals surface area contributed by atoms with Crippen LogP contribution < -0.4 is 5.32 Å². The number of nitrogens with one attached hydrogen (secondary N) is 1. The van der Waals surface area contributed by atoms with Gasteiger partial charge in [-0.1, -0.05) is 42.5 Å². The number of benzene rings is 2. The van der Waals surface area contributed by atoms with E-state index in [0.29, 0.717) is 15.7 Å². The number of hydrogen-bond acceptors (Lipinski definition) is 5. The highest BCUT2D eigenvalue weighted by Crippen LogP contribution is 2.32. The predicted octanol–water partition coefficient (Wildman–Crippen LogP) is 4.80. The zero-order chi connectivity index (χ0) is 20.1. The van der Waals surface area contributed by atoms with Gasteiger partial charge in [0.15, 0.2) is 5.13 Å². The Kier molecular flexibility index (Phi) is 6.06. The summed E-state index contributed by atoms with van der Waals surface area (Å²) < 4.78 is 5.20. The van der Waals surface area contributed by atoms with Gasteiger partial charge < -0.3 is 9.84 Å². The van der Waals surface area contributed by atoms with E-state index in [1.54, 1.807) is 0 Å². The summed E-state index contributed by atoms with van der Waals surface area (Å²) in [4.78, 5) is 28.3. The molecule has 1 heterocycles. The fraction of sp³-hybridized carbons (Fsp3) is 0.190. The van der Waals surface area contributed by atoms with E-state index >= 15 is 0 Å². The second kappa shape index (κ2) is 8.67. The van der Waals surface area contributed by atoms with Crippen molar-refractivity contribution in [3.63, 3.8) is 0 Å². The predicted molar refractivity (Wildman–Crippen MR) is 109 cm³/mol. The number of hydrogen-bond donors (Lipinski definition) is 2. The van der Waals surface area contributed by atoms with E-state index in [4.69, 9.17) is 4.74 Å². The number of carbonyl (C=O) groups excluding carboxylic acids is 1. The molecule has 1 aromatic heterocycles. The second-order valence-electron chi connectivity index (χ2n) is 6.35. The molecule has 0 fully saturated rings. The Labute approximate surface area is 166 Å². The van der Waals surface area contributed by atoms with Crippen LogP contribution in [0.4, 0.5) is 9.93 Å². The fourth-order valence-electron chi connectivity index (χ4n) is 2.62. The van der Waals surface area contributed by atoms with Crippen LogP contribution >= 0.6 is 11.3 Å². The molecule has 0 unspecified atom stereocenters. The van der Waals surface area contributed by atoms with E-state index in [2.05, 4.69) is 10.3 Å². The Balaban J connectivity index is 1.77. The molecular weight excluding hydrogens is 376 g/mol. The largest absolute Gasteiger partial charge is 0.481 e. The molecule has 0 aliphatic heterocycles. The molecular formula is C21H20N2O4S. The third-order valence-electron chi connectivity index (χ3n) is 4.21. The monoisotopic (exact) mass is 396 g/mol. The summed E-state index contributed by atoms with van der Waals surface area (Å²) in [5, 5.41) is 12.1. The average Bonchev–Trinajstić information content (AvgIpc) is 3.04. The summed E-state index contributed by atoms with van der Waals surface area (Å²) in [6, 6.07) is 15.2. The number of carboxylic acid groups (broad SMARTS) is 1. The van der Waals surface area contributed by atoms with Crippen molar-refractivity contribution in [3.8, 4) is 11.3 Å². The van der Waals surface area contributed by atoms with Gasteiger partial charge in [-0.15, -0.1) is 11.3 Å². The number of nitrogens with zero attached hydrogens (tertiary/aromatic N) is 1. The van der Waals surface area contributed by atoms with Crippen LogP contribution in [0.3, 0.4) is 0 Å². The molecule has 7 heteroatoms. The van der Waals surface area contributed by atoms with Crippen molar-refractivity contribution in [1.82, 2.24) is 4.98 Å². The summed E-state index contributed by atoms with van der Waals surface area (Å²) >= 11 is 1.14. The lowest BCUT2D eigenvalue weighted by atomic mass is 10.0. The number of amides is 1. The maximum atomic E-state index is 12.1. The Morgan fingerprint density at radius 1 is 1.11 bits per heavy atom. The van der Waals surface area contributed by atoms with Gasteiger partial charge >= 0.3 is 12.1 Å². The number of carbonyl (C=O) groups is 2. The number of aryl methyl sites for hydroxylation is 2. The van der Waals surface area contributed by atoms with Crippen LogP contribution in [0, 0.1) is 13.8 Å². The summed E-state index contributed by atoms with van der Waals surface area (Å²) in [5.41, 5.74) is 4.49. The molecule has 6 nitrogen and oxygen atoms in total. The maximum Gasteiger partial charge on any atom is 0.413 e. The van der Waals surface area contributed by atoms with Crippen LogP contribution in [0.25, 0.3) is 11.3 Å². The maximum absolute atomic E-state index is 12.1. The van der Waals surface area contributed by atoms with E-state index in [1.165, 1.54) is 0 Å². The first-order chi connectivity index (χ1) is 13.4. The molecule has 0 saturated heterocycles. The molecule has 2 N–H and O–H groups in total. The molecule has 2 aromatic carbocycles. The molecule has 0 saturated carbocycles.